The molecular weight excluding hydrogens is 445 g/mol. The molecule has 1 N–H and O–H groups in total. The Morgan fingerprint density at radius 3 is 2.07 bits per heavy atom. The Balaban J connectivity index is 0.000000187. The lowest BCUT2D eigenvalue weighted by molar-refractivity contribution is 0.621. The van der Waals surface area contributed by atoms with Crippen molar-refractivity contribution in [3.8, 4) is 0 Å². The predicted octanol–water partition coefficient (Wildman–Crippen LogP) is 6.96. The Bertz CT molecular complexity index is 889. The van der Waals surface area contributed by atoms with Crippen molar-refractivity contribution in [2.75, 3.05) is 0 Å². The smallest absolute Gasteiger partial charge is 0.108 e. The summed E-state index contributed by atoms with van der Waals surface area (Å²) in [6.07, 6.45) is 10.4. The van der Waals surface area contributed by atoms with Crippen LogP contribution < -0.4 is 0 Å². The number of benzene rings is 2. The zero-order valence-electron chi connectivity index (χ0n) is 16.3. The molecule has 2 heterocycles. The number of aromatic amines is 1. The first-order chi connectivity index (χ1) is 12.8. The molecule has 0 atom stereocenters. The van der Waals surface area contributed by atoms with Gasteiger partial charge in [0.15, 0.2) is 0 Å². The second kappa shape index (κ2) is 11.1. The van der Waals surface area contributed by atoms with Crippen LogP contribution in [0.25, 0.3) is 21.8 Å². The quantitative estimate of drug-likeness (QED) is 0.237. The van der Waals surface area contributed by atoms with Gasteiger partial charge < -0.3 is 9.55 Å². The number of fused-ring (bicyclic) bond motifs is 3. The number of halogens is 1. The van der Waals surface area contributed by atoms with Crippen LogP contribution in [-0.2, 0) is 13.0 Å². The summed E-state index contributed by atoms with van der Waals surface area (Å²) >= 11 is 0. The zero-order chi connectivity index (χ0) is 18.2. The third-order valence-corrected chi connectivity index (χ3v) is 4.81. The van der Waals surface area contributed by atoms with E-state index in [0.717, 1.165) is 13.0 Å². The molecule has 0 fully saturated rings. The van der Waals surface area contributed by atoms with Gasteiger partial charge in [0.25, 0.3) is 0 Å². The second-order valence-electron chi connectivity index (χ2n) is 6.66. The molecule has 0 aliphatic heterocycles. The third kappa shape index (κ3) is 5.58. The van der Waals surface area contributed by atoms with Crippen LogP contribution >= 0.6 is 24.0 Å². The monoisotopic (exact) mass is 475 g/mol. The lowest BCUT2D eigenvalue weighted by Crippen LogP contribution is -2.00. The number of H-pyrrole nitrogens is 1. The zero-order valence-corrected chi connectivity index (χ0v) is 18.6. The summed E-state index contributed by atoms with van der Waals surface area (Å²) in [7, 11) is 0. The van der Waals surface area contributed by atoms with E-state index in [4.69, 9.17) is 0 Å². The van der Waals surface area contributed by atoms with E-state index in [1.54, 1.807) is 0 Å². The molecule has 4 aromatic rings. The maximum absolute atomic E-state index is 4.35. The first-order valence-corrected chi connectivity index (χ1v) is 9.79. The van der Waals surface area contributed by atoms with Gasteiger partial charge in [0.05, 0.1) is 0 Å². The molecule has 0 spiro atoms. The van der Waals surface area contributed by atoms with Crippen molar-refractivity contribution >= 4 is 45.8 Å². The Kier molecular flexibility index (Phi) is 8.85. The van der Waals surface area contributed by atoms with Crippen LogP contribution in [-0.4, -0.2) is 14.5 Å². The standard InChI is InChI=1S/C12H9N.C11H20N2.HI/c1-3-7-11-9(5-1)10-6-2-4-8-12(10)13-11;1-3-5-6-7-8-11-12-9-10-13(11)4-2;/h1-8,13H;9-10H,3-8H2,1-2H3;1H. The van der Waals surface area contributed by atoms with Crippen LogP contribution in [0.2, 0.25) is 0 Å². The van der Waals surface area contributed by atoms with Crippen molar-refractivity contribution in [2.45, 2.75) is 52.5 Å². The average molecular weight is 475 g/mol. The summed E-state index contributed by atoms with van der Waals surface area (Å²) in [5.74, 6) is 1.25. The number of aromatic nitrogens is 3. The lowest BCUT2D eigenvalue weighted by Gasteiger charge is -2.03. The van der Waals surface area contributed by atoms with Gasteiger partial charge in [-0.1, -0.05) is 62.6 Å². The minimum atomic E-state index is 0. The largest absolute Gasteiger partial charge is 0.355 e. The number of unbranched alkanes of at least 4 members (excludes halogenated alkanes) is 3. The van der Waals surface area contributed by atoms with Crippen molar-refractivity contribution in [2.24, 2.45) is 0 Å². The molecule has 4 heteroatoms. The van der Waals surface area contributed by atoms with Crippen LogP contribution in [0, 0.1) is 0 Å². The molecule has 0 amide bonds. The number of nitrogens with one attached hydrogen (secondary N) is 1. The summed E-state index contributed by atoms with van der Waals surface area (Å²) in [5.41, 5.74) is 2.42. The van der Waals surface area contributed by atoms with Crippen molar-refractivity contribution < 1.29 is 0 Å². The van der Waals surface area contributed by atoms with Gasteiger partial charge >= 0.3 is 0 Å². The number of rotatable bonds is 6. The maximum atomic E-state index is 4.35. The van der Waals surface area contributed by atoms with E-state index in [9.17, 15) is 0 Å². The van der Waals surface area contributed by atoms with Gasteiger partial charge in [-0.05, 0) is 25.5 Å². The number of hydrogen-bond acceptors (Lipinski definition) is 1. The molecule has 0 saturated heterocycles. The molecule has 0 radical (unpaired) electrons. The fourth-order valence-corrected chi connectivity index (χ4v) is 3.37. The van der Waals surface area contributed by atoms with Crippen LogP contribution in [0.1, 0.15) is 45.4 Å². The molecule has 2 aromatic heterocycles. The number of nitrogens with zero attached hydrogens (tertiary/aromatic N) is 2. The summed E-state index contributed by atoms with van der Waals surface area (Å²) < 4.78 is 2.23. The Morgan fingerprint density at radius 2 is 1.48 bits per heavy atom. The van der Waals surface area contributed by atoms with E-state index < -0.39 is 0 Å². The summed E-state index contributed by atoms with van der Waals surface area (Å²) in [4.78, 5) is 7.73. The summed E-state index contributed by atoms with van der Waals surface area (Å²) in [6.45, 7) is 5.45. The highest BCUT2D eigenvalue weighted by Gasteiger charge is 2.00. The normalized spacial score (nSPS) is 10.4. The third-order valence-electron chi connectivity index (χ3n) is 4.81. The minimum absolute atomic E-state index is 0. The molecule has 144 valence electrons. The van der Waals surface area contributed by atoms with Gasteiger partial charge in [0, 0.05) is 47.2 Å². The van der Waals surface area contributed by atoms with E-state index in [1.807, 2.05) is 6.20 Å². The van der Waals surface area contributed by atoms with Crippen molar-refractivity contribution in [3.63, 3.8) is 0 Å². The van der Waals surface area contributed by atoms with E-state index in [1.165, 1.54) is 53.3 Å². The Morgan fingerprint density at radius 1 is 0.852 bits per heavy atom. The molecule has 2 aromatic carbocycles. The molecule has 3 nitrogen and oxygen atoms in total. The molecule has 27 heavy (non-hydrogen) atoms. The molecule has 0 bridgehead atoms. The highest BCUT2D eigenvalue weighted by Crippen LogP contribution is 2.24. The molecule has 0 saturated carbocycles. The number of hydrogen-bond donors (Lipinski definition) is 1. The van der Waals surface area contributed by atoms with Gasteiger partial charge in [-0.3, -0.25) is 0 Å². The molecule has 0 unspecified atom stereocenters. The van der Waals surface area contributed by atoms with Crippen LogP contribution in [0.5, 0.6) is 0 Å². The predicted molar refractivity (Wildman–Crippen MR) is 127 cm³/mol. The maximum Gasteiger partial charge on any atom is 0.108 e. The lowest BCUT2D eigenvalue weighted by atomic mass is 10.1. The van der Waals surface area contributed by atoms with Crippen LogP contribution in [0.3, 0.4) is 0 Å². The van der Waals surface area contributed by atoms with E-state index >= 15 is 0 Å². The van der Waals surface area contributed by atoms with Gasteiger partial charge in [-0.2, -0.15) is 0 Å². The van der Waals surface area contributed by atoms with Gasteiger partial charge in [0.1, 0.15) is 5.82 Å². The SMILES string of the molecule is CCCCCCc1nccn1CC.I.c1ccc2c(c1)[nH]c1ccccc12. The second-order valence-corrected chi connectivity index (χ2v) is 6.66. The molecule has 4 rings (SSSR count). The first-order valence-electron chi connectivity index (χ1n) is 9.79. The van der Waals surface area contributed by atoms with Crippen LogP contribution in [0.15, 0.2) is 60.9 Å². The topological polar surface area (TPSA) is 33.6 Å². The van der Waals surface area contributed by atoms with Crippen LogP contribution in [0.4, 0.5) is 0 Å². The Hall–Kier alpha value is -1.82. The molecule has 0 aliphatic rings. The first kappa shape index (κ1) is 21.5. The van der Waals surface area contributed by atoms with E-state index in [-0.39, 0.29) is 24.0 Å². The van der Waals surface area contributed by atoms with Crippen molar-refractivity contribution in [3.05, 3.63) is 66.7 Å². The molecular formula is C23H30IN3. The fraction of sp³-hybridized carbons (Fsp3) is 0.348. The highest BCUT2D eigenvalue weighted by molar-refractivity contribution is 14.0. The number of para-hydroxylation sites is 2. The van der Waals surface area contributed by atoms with E-state index in [2.05, 4.69) is 83.1 Å². The van der Waals surface area contributed by atoms with Gasteiger partial charge in [-0.25, -0.2) is 4.98 Å². The summed E-state index contributed by atoms with van der Waals surface area (Å²) in [5, 5.41) is 2.61. The van der Waals surface area contributed by atoms with Crippen molar-refractivity contribution in [1.29, 1.82) is 0 Å². The van der Waals surface area contributed by atoms with E-state index in [0.29, 0.717) is 0 Å². The van der Waals surface area contributed by atoms with Gasteiger partial charge in [0.2, 0.25) is 0 Å². The Labute approximate surface area is 179 Å². The molecule has 0 aliphatic carbocycles. The minimum Gasteiger partial charge on any atom is -0.355 e. The summed E-state index contributed by atoms with van der Waals surface area (Å²) in [6, 6.07) is 16.8. The van der Waals surface area contributed by atoms with Gasteiger partial charge in [-0.15, -0.1) is 24.0 Å². The fourth-order valence-electron chi connectivity index (χ4n) is 3.37. The van der Waals surface area contributed by atoms with Crippen molar-refractivity contribution in [1.82, 2.24) is 14.5 Å². The average Bonchev–Trinajstić information content (AvgIpc) is 3.29. The number of imidazole rings is 1. The highest BCUT2D eigenvalue weighted by atomic mass is 127. The number of aryl methyl sites for hydroxylation is 2.